The number of allylic oxidation sites excluding steroid dienone is 1. The Hall–Kier alpha value is -2.80. The number of nitrogens with one attached hydrogen (secondary N) is 1. The van der Waals surface area contributed by atoms with Crippen molar-refractivity contribution in [2.75, 3.05) is 26.6 Å². The van der Waals surface area contributed by atoms with E-state index >= 15 is 0 Å². The Bertz CT molecular complexity index is 797. The SMILES string of the molecule is C=CCc1cc(C(=O)Nc2ccsc2C(=O)OC)cc(OC)c1OC. The molecule has 132 valence electrons. The number of methoxy groups -OCH3 is 3. The van der Waals surface area contributed by atoms with Gasteiger partial charge >= 0.3 is 5.97 Å². The number of benzene rings is 1. The number of rotatable bonds is 7. The van der Waals surface area contributed by atoms with E-state index in [-0.39, 0.29) is 5.91 Å². The Morgan fingerprint density at radius 2 is 2.00 bits per heavy atom. The van der Waals surface area contributed by atoms with Crippen LogP contribution in [0.2, 0.25) is 0 Å². The lowest BCUT2D eigenvalue weighted by Crippen LogP contribution is -2.14. The summed E-state index contributed by atoms with van der Waals surface area (Å²) >= 11 is 1.20. The van der Waals surface area contributed by atoms with Gasteiger partial charge in [-0.25, -0.2) is 4.79 Å². The molecule has 0 atom stereocenters. The fourth-order valence-corrected chi connectivity index (χ4v) is 3.10. The van der Waals surface area contributed by atoms with E-state index in [2.05, 4.69) is 11.9 Å². The molecule has 2 aromatic rings. The third-order valence-electron chi connectivity index (χ3n) is 3.47. The van der Waals surface area contributed by atoms with Crippen LogP contribution in [0.25, 0.3) is 0 Å². The zero-order valence-electron chi connectivity index (χ0n) is 14.3. The molecule has 2 rings (SSSR count). The Morgan fingerprint density at radius 3 is 2.60 bits per heavy atom. The van der Waals surface area contributed by atoms with Gasteiger partial charge in [-0.05, 0) is 30.0 Å². The zero-order chi connectivity index (χ0) is 18.4. The third-order valence-corrected chi connectivity index (χ3v) is 4.36. The summed E-state index contributed by atoms with van der Waals surface area (Å²) in [5, 5.41) is 4.44. The molecule has 0 aliphatic carbocycles. The number of thiophene rings is 1. The van der Waals surface area contributed by atoms with Crippen LogP contribution in [0, 0.1) is 0 Å². The normalized spacial score (nSPS) is 10.0. The molecule has 25 heavy (non-hydrogen) atoms. The molecule has 0 aliphatic rings. The van der Waals surface area contributed by atoms with Crippen molar-refractivity contribution < 1.29 is 23.8 Å². The van der Waals surface area contributed by atoms with E-state index in [1.807, 2.05) is 0 Å². The number of hydrogen-bond acceptors (Lipinski definition) is 6. The Balaban J connectivity index is 2.36. The second-order valence-electron chi connectivity index (χ2n) is 4.97. The summed E-state index contributed by atoms with van der Waals surface area (Å²) in [4.78, 5) is 24.7. The van der Waals surface area contributed by atoms with Crippen LogP contribution in [0.1, 0.15) is 25.6 Å². The van der Waals surface area contributed by atoms with Gasteiger partial charge in [0.2, 0.25) is 0 Å². The molecule has 0 fully saturated rings. The highest BCUT2D eigenvalue weighted by molar-refractivity contribution is 7.12. The van der Waals surface area contributed by atoms with Crippen molar-refractivity contribution in [3.63, 3.8) is 0 Å². The van der Waals surface area contributed by atoms with Crippen molar-refractivity contribution >= 4 is 28.9 Å². The van der Waals surface area contributed by atoms with E-state index in [0.717, 1.165) is 5.56 Å². The van der Waals surface area contributed by atoms with Gasteiger partial charge in [-0.1, -0.05) is 6.08 Å². The molecule has 0 radical (unpaired) electrons. The van der Waals surface area contributed by atoms with Crippen molar-refractivity contribution in [3.8, 4) is 11.5 Å². The summed E-state index contributed by atoms with van der Waals surface area (Å²) in [5.74, 6) is 0.148. The number of anilines is 1. The van der Waals surface area contributed by atoms with Crippen LogP contribution in [0.4, 0.5) is 5.69 Å². The van der Waals surface area contributed by atoms with Crippen LogP contribution < -0.4 is 14.8 Å². The molecule has 1 aromatic heterocycles. The van der Waals surface area contributed by atoms with Crippen molar-refractivity contribution in [1.82, 2.24) is 0 Å². The van der Waals surface area contributed by atoms with Gasteiger partial charge in [-0.15, -0.1) is 17.9 Å². The third kappa shape index (κ3) is 4.00. The van der Waals surface area contributed by atoms with Crippen LogP contribution in [0.15, 0.2) is 36.2 Å². The van der Waals surface area contributed by atoms with E-state index in [1.54, 1.807) is 29.7 Å². The molecule has 0 unspecified atom stereocenters. The molecule has 1 heterocycles. The van der Waals surface area contributed by atoms with Crippen LogP contribution in [0.5, 0.6) is 11.5 Å². The summed E-state index contributed by atoms with van der Waals surface area (Å²) < 4.78 is 15.4. The smallest absolute Gasteiger partial charge is 0.350 e. The fraction of sp³-hybridized carbons (Fsp3) is 0.222. The highest BCUT2D eigenvalue weighted by atomic mass is 32.1. The lowest BCUT2D eigenvalue weighted by Gasteiger charge is -2.14. The first kappa shape index (κ1) is 18.5. The van der Waals surface area contributed by atoms with Gasteiger partial charge in [0.25, 0.3) is 5.91 Å². The van der Waals surface area contributed by atoms with E-state index in [1.165, 1.54) is 32.7 Å². The van der Waals surface area contributed by atoms with E-state index < -0.39 is 5.97 Å². The average molecular weight is 361 g/mol. The molecule has 0 saturated carbocycles. The number of esters is 1. The maximum atomic E-state index is 12.6. The van der Waals surface area contributed by atoms with Crippen LogP contribution >= 0.6 is 11.3 Å². The van der Waals surface area contributed by atoms with Crippen molar-refractivity contribution in [1.29, 1.82) is 0 Å². The minimum Gasteiger partial charge on any atom is -0.493 e. The van der Waals surface area contributed by atoms with Crippen LogP contribution in [0.3, 0.4) is 0 Å². The van der Waals surface area contributed by atoms with Gasteiger partial charge in [-0.2, -0.15) is 0 Å². The molecular formula is C18H19NO5S. The number of ether oxygens (including phenoxy) is 3. The summed E-state index contributed by atoms with van der Waals surface area (Å²) in [6.07, 6.45) is 2.24. The highest BCUT2D eigenvalue weighted by Crippen LogP contribution is 2.33. The zero-order valence-corrected chi connectivity index (χ0v) is 15.1. The van der Waals surface area contributed by atoms with Gasteiger partial charge in [0.15, 0.2) is 11.5 Å². The van der Waals surface area contributed by atoms with Gasteiger partial charge in [0.1, 0.15) is 4.88 Å². The molecule has 0 saturated heterocycles. The Kier molecular flexibility index (Phi) is 6.19. The van der Waals surface area contributed by atoms with E-state index in [0.29, 0.717) is 34.0 Å². The highest BCUT2D eigenvalue weighted by Gasteiger charge is 2.19. The predicted molar refractivity (Wildman–Crippen MR) is 97.1 cm³/mol. The molecule has 6 nitrogen and oxygen atoms in total. The van der Waals surface area contributed by atoms with Crippen molar-refractivity contribution in [2.45, 2.75) is 6.42 Å². The maximum absolute atomic E-state index is 12.6. The van der Waals surface area contributed by atoms with Crippen molar-refractivity contribution in [2.24, 2.45) is 0 Å². The quantitative estimate of drug-likeness (QED) is 0.603. The first-order chi connectivity index (χ1) is 12.0. The summed E-state index contributed by atoms with van der Waals surface area (Å²) in [7, 11) is 4.34. The standard InChI is InChI=1S/C18H19NO5S/c1-5-6-11-9-12(10-14(22-2)15(11)23-3)17(20)19-13-7-8-25-16(13)18(21)24-4/h5,7-10H,1,6H2,2-4H3,(H,19,20). The average Bonchev–Trinajstić information content (AvgIpc) is 3.08. The lowest BCUT2D eigenvalue weighted by atomic mass is 10.0. The number of hydrogen-bond donors (Lipinski definition) is 1. The molecule has 1 N–H and O–H groups in total. The van der Waals surface area contributed by atoms with Gasteiger partial charge in [0, 0.05) is 11.1 Å². The second kappa shape index (κ2) is 8.34. The van der Waals surface area contributed by atoms with E-state index in [4.69, 9.17) is 14.2 Å². The van der Waals surface area contributed by atoms with Gasteiger partial charge in [-0.3, -0.25) is 4.79 Å². The molecule has 0 spiro atoms. The fourth-order valence-electron chi connectivity index (χ4n) is 2.33. The summed E-state index contributed by atoms with van der Waals surface area (Å²) in [6, 6.07) is 4.95. The Morgan fingerprint density at radius 1 is 1.24 bits per heavy atom. The number of carbonyl (C=O) groups excluding carboxylic acids is 2. The predicted octanol–water partition coefficient (Wildman–Crippen LogP) is 3.53. The number of carbonyl (C=O) groups is 2. The summed E-state index contributed by atoms with van der Waals surface area (Å²) in [6.45, 7) is 3.72. The van der Waals surface area contributed by atoms with Crippen molar-refractivity contribution in [3.05, 3.63) is 52.2 Å². The van der Waals surface area contributed by atoms with E-state index in [9.17, 15) is 9.59 Å². The molecular weight excluding hydrogens is 342 g/mol. The molecule has 0 aliphatic heterocycles. The largest absolute Gasteiger partial charge is 0.493 e. The van der Waals surface area contributed by atoms with Crippen LogP contribution in [-0.2, 0) is 11.2 Å². The topological polar surface area (TPSA) is 73.9 Å². The maximum Gasteiger partial charge on any atom is 0.350 e. The minimum absolute atomic E-state index is 0.336. The molecule has 1 aromatic carbocycles. The first-order valence-corrected chi connectivity index (χ1v) is 8.26. The molecule has 1 amide bonds. The minimum atomic E-state index is -0.495. The Labute approximate surface area is 150 Å². The molecule has 0 bridgehead atoms. The first-order valence-electron chi connectivity index (χ1n) is 7.38. The van der Waals surface area contributed by atoms with Crippen LogP contribution in [-0.4, -0.2) is 33.2 Å². The molecule has 7 heteroatoms. The number of amides is 1. The summed E-state index contributed by atoms with van der Waals surface area (Å²) in [5.41, 5.74) is 1.57. The van der Waals surface area contributed by atoms with Gasteiger partial charge in [0.05, 0.1) is 27.0 Å². The lowest BCUT2D eigenvalue weighted by molar-refractivity contribution is 0.0607. The van der Waals surface area contributed by atoms with Gasteiger partial charge < -0.3 is 19.5 Å². The second-order valence-corrected chi connectivity index (χ2v) is 5.89. The monoisotopic (exact) mass is 361 g/mol.